The number of likely N-dealkylation sites (tertiary alicyclic amines) is 1. The van der Waals surface area contributed by atoms with Crippen LogP contribution in [-0.2, 0) is 9.59 Å². The smallest absolute Gasteiger partial charge is 0.303 e. The van der Waals surface area contributed by atoms with Crippen LogP contribution in [0.4, 0.5) is 0 Å². The number of carbonyl (C=O) groups is 2. The summed E-state index contributed by atoms with van der Waals surface area (Å²) in [7, 11) is 0. The molecule has 1 saturated heterocycles. The van der Waals surface area contributed by atoms with E-state index in [4.69, 9.17) is 5.11 Å². The first-order valence-corrected chi connectivity index (χ1v) is 8.02. The van der Waals surface area contributed by atoms with E-state index in [-0.39, 0.29) is 24.3 Å². The number of hydrogen-bond acceptors (Lipinski definition) is 3. The minimum absolute atomic E-state index is 0.0112. The highest BCUT2D eigenvalue weighted by molar-refractivity contribution is 5.78. The standard InChI is InChI=1S/C16H30N2O3/c1-11(2)8-18-9-13(5-6-15(19)20)7-14(10-18)17-16(21)12(3)4/h11-14H,5-10H2,1-4H3,(H,17,21)(H,19,20). The van der Waals surface area contributed by atoms with Gasteiger partial charge in [0.15, 0.2) is 0 Å². The van der Waals surface area contributed by atoms with Gasteiger partial charge in [-0.15, -0.1) is 0 Å². The predicted octanol–water partition coefficient (Wildman–Crippen LogP) is 1.97. The highest BCUT2D eigenvalue weighted by Crippen LogP contribution is 2.22. The monoisotopic (exact) mass is 298 g/mol. The van der Waals surface area contributed by atoms with Gasteiger partial charge in [0.05, 0.1) is 0 Å². The summed E-state index contributed by atoms with van der Waals surface area (Å²) < 4.78 is 0. The van der Waals surface area contributed by atoms with Gasteiger partial charge in [-0.25, -0.2) is 0 Å². The second kappa shape index (κ2) is 8.37. The number of piperidine rings is 1. The number of hydrogen-bond donors (Lipinski definition) is 2. The highest BCUT2D eigenvalue weighted by Gasteiger charge is 2.29. The molecule has 0 spiro atoms. The Morgan fingerprint density at radius 1 is 1.24 bits per heavy atom. The van der Waals surface area contributed by atoms with Gasteiger partial charge in [0.25, 0.3) is 0 Å². The third-order valence-corrected chi connectivity index (χ3v) is 3.87. The number of nitrogens with one attached hydrogen (secondary N) is 1. The van der Waals surface area contributed by atoms with Crippen LogP contribution in [0.3, 0.4) is 0 Å². The number of carboxylic acids is 1. The second-order valence-electron chi connectivity index (χ2n) is 7.01. The molecule has 2 N–H and O–H groups in total. The van der Waals surface area contributed by atoms with Crippen LogP contribution < -0.4 is 5.32 Å². The zero-order chi connectivity index (χ0) is 16.0. The van der Waals surface area contributed by atoms with Gasteiger partial charge in [-0.2, -0.15) is 0 Å². The molecule has 0 saturated carbocycles. The Bertz CT molecular complexity index is 355. The van der Waals surface area contributed by atoms with E-state index in [9.17, 15) is 9.59 Å². The van der Waals surface area contributed by atoms with Crippen molar-refractivity contribution >= 4 is 11.9 Å². The normalized spacial score (nSPS) is 23.5. The van der Waals surface area contributed by atoms with Gasteiger partial charge in [-0.05, 0) is 24.7 Å². The number of aliphatic carboxylic acids is 1. The lowest BCUT2D eigenvalue weighted by Crippen LogP contribution is -2.52. The molecule has 0 aliphatic carbocycles. The molecule has 0 bridgehead atoms. The zero-order valence-corrected chi connectivity index (χ0v) is 13.8. The molecule has 1 fully saturated rings. The number of carboxylic acid groups (broad SMARTS) is 1. The van der Waals surface area contributed by atoms with Crippen LogP contribution >= 0.6 is 0 Å². The Hall–Kier alpha value is -1.10. The van der Waals surface area contributed by atoms with E-state index >= 15 is 0 Å². The Labute approximate surface area is 128 Å². The molecule has 1 aliphatic rings. The summed E-state index contributed by atoms with van der Waals surface area (Å²) in [5.41, 5.74) is 0. The molecule has 2 atom stereocenters. The number of nitrogens with zero attached hydrogens (tertiary/aromatic N) is 1. The molecule has 1 amide bonds. The van der Waals surface area contributed by atoms with Crippen LogP contribution in [0, 0.1) is 17.8 Å². The number of rotatable bonds is 7. The quantitative estimate of drug-likeness (QED) is 0.754. The molecular formula is C16H30N2O3. The van der Waals surface area contributed by atoms with Crippen molar-refractivity contribution in [2.75, 3.05) is 19.6 Å². The van der Waals surface area contributed by atoms with Crippen molar-refractivity contribution in [2.45, 2.75) is 53.0 Å². The number of amides is 1. The van der Waals surface area contributed by atoms with Gasteiger partial charge in [-0.1, -0.05) is 27.7 Å². The third-order valence-electron chi connectivity index (χ3n) is 3.87. The van der Waals surface area contributed by atoms with Crippen LogP contribution in [0.15, 0.2) is 0 Å². The summed E-state index contributed by atoms with van der Waals surface area (Å²) in [5, 5.41) is 12.0. The van der Waals surface area contributed by atoms with Crippen molar-refractivity contribution in [1.82, 2.24) is 10.2 Å². The van der Waals surface area contributed by atoms with E-state index in [2.05, 4.69) is 24.1 Å². The Morgan fingerprint density at radius 2 is 1.90 bits per heavy atom. The van der Waals surface area contributed by atoms with Crippen molar-refractivity contribution in [2.24, 2.45) is 17.8 Å². The van der Waals surface area contributed by atoms with Crippen molar-refractivity contribution in [3.05, 3.63) is 0 Å². The van der Waals surface area contributed by atoms with E-state index in [1.165, 1.54) is 0 Å². The van der Waals surface area contributed by atoms with Crippen LogP contribution in [-0.4, -0.2) is 47.6 Å². The van der Waals surface area contributed by atoms with Gasteiger partial charge in [0.2, 0.25) is 5.91 Å². The molecule has 1 heterocycles. The molecule has 1 rings (SSSR count). The molecule has 0 aromatic carbocycles. The van der Waals surface area contributed by atoms with Crippen LogP contribution in [0.1, 0.15) is 47.0 Å². The van der Waals surface area contributed by atoms with E-state index in [1.807, 2.05) is 13.8 Å². The summed E-state index contributed by atoms with van der Waals surface area (Å²) in [6.07, 6.45) is 1.79. The fraction of sp³-hybridized carbons (Fsp3) is 0.875. The molecule has 2 unspecified atom stereocenters. The van der Waals surface area contributed by atoms with Gasteiger partial charge in [0, 0.05) is 38.0 Å². The van der Waals surface area contributed by atoms with E-state index in [0.29, 0.717) is 18.3 Å². The summed E-state index contributed by atoms with van der Waals surface area (Å²) in [4.78, 5) is 25.0. The largest absolute Gasteiger partial charge is 0.481 e. The molecule has 5 heteroatoms. The molecule has 0 radical (unpaired) electrons. The summed E-state index contributed by atoms with van der Waals surface area (Å²) in [6, 6.07) is 0.145. The van der Waals surface area contributed by atoms with E-state index in [1.54, 1.807) is 0 Å². The zero-order valence-electron chi connectivity index (χ0n) is 13.8. The maximum absolute atomic E-state index is 11.9. The lowest BCUT2D eigenvalue weighted by atomic mass is 9.89. The van der Waals surface area contributed by atoms with E-state index < -0.39 is 5.97 Å². The molecule has 122 valence electrons. The van der Waals surface area contributed by atoms with Crippen LogP contribution in [0.2, 0.25) is 0 Å². The minimum Gasteiger partial charge on any atom is -0.481 e. The summed E-state index contributed by atoms with van der Waals surface area (Å²) in [5.74, 6) is 0.265. The SMILES string of the molecule is CC(C)CN1CC(CCC(=O)O)CC(NC(=O)C(C)C)C1. The fourth-order valence-electron chi connectivity index (χ4n) is 2.98. The molecule has 1 aliphatic heterocycles. The van der Waals surface area contributed by atoms with Crippen molar-refractivity contribution in [1.29, 1.82) is 0 Å². The van der Waals surface area contributed by atoms with Gasteiger partial charge in [-0.3, -0.25) is 9.59 Å². The molecule has 0 aromatic rings. The average molecular weight is 298 g/mol. The van der Waals surface area contributed by atoms with E-state index in [0.717, 1.165) is 26.1 Å². The third kappa shape index (κ3) is 6.93. The Balaban J connectivity index is 2.60. The maximum atomic E-state index is 11.9. The first-order chi connectivity index (χ1) is 9.77. The predicted molar refractivity (Wildman–Crippen MR) is 83.0 cm³/mol. The van der Waals surface area contributed by atoms with Gasteiger partial charge >= 0.3 is 5.97 Å². The highest BCUT2D eigenvalue weighted by atomic mass is 16.4. The molecular weight excluding hydrogens is 268 g/mol. The van der Waals surface area contributed by atoms with Crippen molar-refractivity contribution in [3.63, 3.8) is 0 Å². The topological polar surface area (TPSA) is 69.6 Å². The van der Waals surface area contributed by atoms with Crippen molar-refractivity contribution < 1.29 is 14.7 Å². The first-order valence-electron chi connectivity index (χ1n) is 8.02. The second-order valence-corrected chi connectivity index (χ2v) is 7.01. The maximum Gasteiger partial charge on any atom is 0.303 e. The van der Waals surface area contributed by atoms with Gasteiger partial charge in [0.1, 0.15) is 0 Å². The lowest BCUT2D eigenvalue weighted by molar-refractivity contribution is -0.137. The average Bonchev–Trinajstić information content (AvgIpc) is 2.35. The van der Waals surface area contributed by atoms with Crippen LogP contribution in [0.5, 0.6) is 0 Å². The molecule has 21 heavy (non-hydrogen) atoms. The van der Waals surface area contributed by atoms with Crippen molar-refractivity contribution in [3.8, 4) is 0 Å². The lowest BCUT2D eigenvalue weighted by Gasteiger charge is -2.39. The molecule has 5 nitrogen and oxygen atoms in total. The minimum atomic E-state index is -0.737. The summed E-state index contributed by atoms with van der Waals surface area (Å²) >= 11 is 0. The first kappa shape index (κ1) is 18.0. The number of carbonyl (C=O) groups excluding carboxylic acids is 1. The Morgan fingerprint density at radius 3 is 2.43 bits per heavy atom. The molecule has 0 aromatic heterocycles. The van der Waals surface area contributed by atoms with Crippen LogP contribution in [0.25, 0.3) is 0 Å². The summed E-state index contributed by atoms with van der Waals surface area (Å²) in [6.45, 7) is 11.0. The van der Waals surface area contributed by atoms with Gasteiger partial charge < -0.3 is 15.3 Å². The fourth-order valence-corrected chi connectivity index (χ4v) is 2.98. The Kier molecular flexibility index (Phi) is 7.15.